The van der Waals surface area contributed by atoms with E-state index in [4.69, 9.17) is 19.9 Å². The van der Waals surface area contributed by atoms with Crippen molar-refractivity contribution in [3.63, 3.8) is 0 Å². The second kappa shape index (κ2) is 8.38. The minimum Gasteiger partial charge on any atom is -0.497 e. The quantitative estimate of drug-likeness (QED) is 0.778. The smallest absolute Gasteiger partial charge is 0.205 e. The number of nitriles is 1. The maximum atomic E-state index is 9.82. The van der Waals surface area contributed by atoms with E-state index < -0.39 is 0 Å². The Morgan fingerprint density at radius 3 is 2.53 bits per heavy atom. The van der Waals surface area contributed by atoms with Crippen molar-refractivity contribution in [2.75, 3.05) is 14.2 Å². The fourth-order valence-electron chi connectivity index (χ4n) is 4.17. The zero-order valence-electron chi connectivity index (χ0n) is 17.1. The van der Waals surface area contributed by atoms with E-state index in [1.165, 1.54) is 0 Å². The van der Waals surface area contributed by atoms with Gasteiger partial charge in [0.1, 0.15) is 28.9 Å². The van der Waals surface area contributed by atoms with Gasteiger partial charge in [0.15, 0.2) is 0 Å². The molecule has 2 N–H and O–H groups in total. The normalized spacial score (nSPS) is 19.8. The first-order valence-corrected chi connectivity index (χ1v) is 9.94. The summed E-state index contributed by atoms with van der Waals surface area (Å²) in [6, 6.07) is 18.0. The third-order valence-electron chi connectivity index (χ3n) is 5.57. The molecular weight excluding hydrogens is 376 g/mol. The minimum absolute atomic E-state index is 0.169. The Hall–Kier alpha value is -3.65. The van der Waals surface area contributed by atoms with Crippen molar-refractivity contribution in [2.24, 2.45) is 5.73 Å². The summed E-state index contributed by atoms with van der Waals surface area (Å²) < 4.78 is 16.8. The van der Waals surface area contributed by atoms with Gasteiger partial charge < -0.3 is 19.9 Å². The van der Waals surface area contributed by atoms with Gasteiger partial charge in [-0.3, -0.25) is 0 Å². The van der Waals surface area contributed by atoms with E-state index in [1.54, 1.807) is 14.2 Å². The molecule has 5 heteroatoms. The summed E-state index contributed by atoms with van der Waals surface area (Å²) >= 11 is 0. The van der Waals surface area contributed by atoms with Crippen molar-refractivity contribution in [2.45, 2.75) is 25.2 Å². The number of nitrogens with two attached hydrogens (primary N) is 1. The zero-order chi connectivity index (χ0) is 21.1. The van der Waals surface area contributed by atoms with Crippen LogP contribution in [0.2, 0.25) is 0 Å². The van der Waals surface area contributed by atoms with Crippen LogP contribution in [-0.4, -0.2) is 14.2 Å². The topological polar surface area (TPSA) is 77.5 Å². The third kappa shape index (κ3) is 3.65. The second-order valence-electron chi connectivity index (χ2n) is 7.36. The Labute approximate surface area is 176 Å². The average Bonchev–Trinajstić information content (AvgIpc) is 2.78. The van der Waals surface area contributed by atoms with Crippen LogP contribution < -0.4 is 15.2 Å². The molecule has 0 amide bonds. The van der Waals surface area contributed by atoms with Crippen LogP contribution in [0.4, 0.5) is 0 Å². The monoisotopic (exact) mass is 400 g/mol. The molecule has 4 rings (SSSR count). The van der Waals surface area contributed by atoms with E-state index in [1.807, 2.05) is 48.5 Å². The second-order valence-corrected chi connectivity index (χ2v) is 7.36. The number of allylic oxidation sites excluding steroid dienone is 3. The highest BCUT2D eigenvalue weighted by molar-refractivity contribution is 5.63. The van der Waals surface area contributed by atoms with E-state index in [-0.39, 0.29) is 11.8 Å². The van der Waals surface area contributed by atoms with E-state index in [2.05, 4.69) is 12.1 Å². The molecule has 30 heavy (non-hydrogen) atoms. The van der Waals surface area contributed by atoms with Crippen molar-refractivity contribution < 1.29 is 14.2 Å². The highest BCUT2D eigenvalue weighted by Crippen LogP contribution is 2.47. The largest absolute Gasteiger partial charge is 0.497 e. The van der Waals surface area contributed by atoms with Crippen molar-refractivity contribution >= 4 is 6.08 Å². The molecular formula is C25H24N2O3. The summed E-state index contributed by atoms with van der Waals surface area (Å²) in [5, 5.41) is 9.82. The van der Waals surface area contributed by atoms with Crippen LogP contribution in [0.1, 0.15) is 36.3 Å². The Morgan fingerprint density at radius 1 is 1.07 bits per heavy atom. The lowest BCUT2D eigenvalue weighted by Crippen LogP contribution is -2.23. The molecule has 1 atom stereocenters. The molecule has 0 saturated carbocycles. The zero-order valence-corrected chi connectivity index (χ0v) is 17.1. The van der Waals surface area contributed by atoms with Gasteiger partial charge in [-0.2, -0.15) is 5.26 Å². The van der Waals surface area contributed by atoms with Gasteiger partial charge in [0.2, 0.25) is 5.88 Å². The number of rotatable bonds is 4. The number of ether oxygens (including phenoxy) is 3. The molecule has 1 unspecified atom stereocenters. The Balaban J connectivity index is 1.82. The summed E-state index contributed by atoms with van der Waals surface area (Å²) in [7, 11) is 3.30. The lowest BCUT2D eigenvalue weighted by Gasteiger charge is -2.33. The predicted octanol–water partition coefficient (Wildman–Crippen LogP) is 5.03. The molecule has 0 radical (unpaired) electrons. The van der Waals surface area contributed by atoms with E-state index in [0.29, 0.717) is 5.57 Å². The van der Waals surface area contributed by atoms with Crippen molar-refractivity contribution in [3.8, 4) is 17.6 Å². The Bertz CT molecular complexity index is 1110. The molecule has 0 saturated heterocycles. The maximum absolute atomic E-state index is 9.82. The van der Waals surface area contributed by atoms with E-state index in [9.17, 15) is 5.26 Å². The molecule has 5 nitrogen and oxygen atoms in total. The summed E-state index contributed by atoms with van der Waals surface area (Å²) in [4.78, 5) is 0. The van der Waals surface area contributed by atoms with Crippen molar-refractivity contribution in [1.29, 1.82) is 5.26 Å². The minimum atomic E-state index is -0.233. The summed E-state index contributed by atoms with van der Waals surface area (Å²) in [6.45, 7) is 0. The van der Waals surface area contributed by atoms with Gasteiger partial charge in [0.05, 0.1) is 14.2 Å². The highest BCUT2D eigenvalue weighted by atomic mass is 16.5. The van der Waals surface area contributed by atoms with Gasteiger partial charge in [-0.1, -0.05) is 24.3 Å². The fraction of sp³-hybridized carbons (Fsp3) is 0.240. The van der Waals surface area contributed by atoms with Crippen LogP contribution >= 0.6 is 0 Å². The van der Waals surface area contributed by atoms with Crippen LogP contribution in [0.3, 0.4) is 0 Å². The van der Waals surface area contributed by atoms with Gasteiger partial charge in [-0.25, -0.2) is 0 Å². The standard InChI is InChI=1S/C25H24N2O3/c1-28-19-9-3-6-16(13-19)12-18-8-5-11-21-23(17-7-4-10-20(14-17)29-2)22(15-26)25(27)30-24(18)21/h3-4,6-7,9-10,12-14,23H,5,8,11,27H2,1-2H3. The maximum Gasteiger partial charge on any atom is 0.205 e. The number of methoxy groups -OCH3 is 2. The first-order valence-electron chi connectivity index (χ1n) is 9.94. The number of hydrogen-bond acceptors (Lipinski definition) is 5. The lowest BCUT2D eigenvalue weighted by molar-refractivity contribution is 0.277. The first kappa shape index (κ1) is 19.7. The van der Waals surface area contributed by atoms with Gasteiger partial charge in [0, 0.05) is 5.92 Å². The molecule has 0 spiro atoms. The van der Waals surface area contributed by atoms with Gasteiger partial charge >= 0.3 is 0 Å². The van der Waals surface area contributed by atoms with Crippen molar-refractivity contribution in [3.05, 3.63) is 88.0 Å². The molecule has 1 aliphatic heterocycles. The van der Waals surface area contributed by atoms with Crippen LogP contribution in [0.5, 0.6) is 11.5 Å². The molecule has 2 aromatic carbocycles. The molecule has 0 fully saturated rings. The van der Waals surface area contributed by atoms with E-state index >= 15 is 0 Å². The van der Waals surface area contributed by atoms with Crippen LogP contribution in [0, 0.1) is 11.3 Å². The highest BCUT2D eigenvalue weighted by Gasteiger charge is 2.35. The Kier molecular flexibility index (Phi) is 5.49. The Morgan fingerprint density at radius 2 is 1.80 bits per heavy atom. The van der Waals surface area contributed by atoms with Crippen LogP contribution in [-0.2, 0) is 4.74 Å². The van der Waals surface area contributed by atoms with Crippen molar-refractivity contribution in [1.82, 2.24) is 0 Å². The summed E-state index contributed by atoms with van der Waals surface area (Å²) in [5.41, 5.74) is 10.9. The molecule has 0 bridgehead atoms. The van der Waals surface area contributed by atoms with Gasteiger partial charge in [0.25, 0.3) is 0 Å². The van der Waals surface area contributed by atoms with Gasteiger partial charge in [-0.05, 0) is 71.9 Å². The average molecular weight is 400 g/mol. The predicted molar refractivity (Wildman–Crippen MR) is 115 cm³/mol. The number of benzene rings is 2. The molecule has 1 aliphatic carbocycles. The van der Waals surface area contributed by atoms with Gasteiger partial charge in [-0.15, -0.1) is 0 Å². The molecule has 2 aliphatic rings. The van der Waals surface area contributed by atoms with Crippen LogP contribution in [0.15, 0.2) is 76.9 Å². The summed E-state index contributed by atoms with van der Waals surface area (Å²) in [6.07, 6.45) is 4.84. The SMILES string of the molecule is COc1cccc(C=C2CCCC3=C2OC(N)=C(C#N)C3c2cccc(OC)c2)c1. The molecule has 1 heterocycles. The molecule has 0 aromatic heterocycles. The fourth-order valence-corrected chi connectivity index (χ4v) is 4.17. The first-order chi connectivity index (χ1) is 14.6. The molecule has 2 aromatic rings. The number of nitrogens with zero attached hydrogens (tertiary/aromatic N) is 1. The summed E-state index contributed by atoms with van der Waals surface area (Å²) in [5.74, 6) is 2.28. The number of hydrogen-bond donors (Lipinski definition) is 1. The van der Waals surface area contributed by atoms with Crippen LogP contribution in [0.25, 0.3) is 6.08 Å². The lowest BCUT2D eigenvalue weighted by atomic mass is 9.77. The molecule has 152 valence electrons. The van der Waals surface area contributed by atoms with E-state index in [0.717, 1.165) is 58.8 Å². The third-order valence-corrected chi connectivity index (χ3v) is 5.57.